The molecule has 9 heteroatoms. The number of thiazole rings is 1. The number of benzene rings is 2. The van der Waals surface area contributed by atoms with E-state index in [1.54, 1.807) is 34.7 Å². The molecule has 0 N–H and O–H groups in total. The first kappa shape index (κ1) is 20.9. The summed E-state index contributed by atoms with van der Waals surface area (Å²) < 4.78 is 1.01. The van der Waals surface area contributed by atoms with E-state index in [2.05, 4.69) is 14.9 Å². The Labute approximate surface area is 200 Å². The minimum Gasteiger partial charge on any atom is -0.335 e. The van der Waals surface area contributed by atoms with Crippen LogP contribution < -0.4 is 4.90 Å². The van der Waals surface area contributed by atoms with Gasteiger partial charge in [-0.3, -0.25) is 19.4 Å². The molecule has 4 heterocycles. The number of anilines is 1. The van der Waals surface area contributed by atoms with E-state index in [1.165, 1.54) is 0 Å². The molecule has 0 radical (unpaired) electrons. The van der Waals surface area contributed by atoms with Crippen molar-refractivity contribution >= 4 is 39.3 Å². The van der Waals surface area contributed by atoms with Crippen molar-refractivity contribution in [2.45, 2.75) is 6.04 Å². The number of hydrogen-bond acceptors (Lipinski definition) is 7. The molecule has 2 amide bonds. The van der Waals surface area contributed by atoms with Gasteiger partial charge in [0.25, 0.3) is 5.91 Å². The van der Waals surface area contributed by atoms with Crippen LogP contribution in [-0.4, -0.2) is 75.3 Å². The van der Waals surface area contributed by atoms with Gasteiger partial charge in [0.05, 0.1) is 16.8 Å². The second-order valence-electron chi connectivity index (χ2n) is 8.50. The van der Waals surface area contributed by atoms with Crippen molar-refractivity contribution in [3.8, 4) is 10.6 Å². The molecule has 0 aliphatic carbocycles. The first-order valence-corrected chi connectivity index (χ1v) is 12.0. The Hall–Kier alpha value is -3.69. The summed E-state index contributed by atoms with van der Waals surface area (Å²) in [6.45, 7) is 2.87. The molecule has 2 fully saturated rings. The van der Waals surface area contributed by atoms with Gasteiger partial charge in [-0.25, -0.2) is 15.0 Å². The molecule has 4 aromatic rings. The second-order valence-corrected chi connectivity index (χ2v) is 9.53. The zero-order chi connectivity index (χ0) is 23.1. The molecule has 2 aromatic carbocycles. The van der Waals surface area contributed by atoms with E-state index in [4.69, 9.17) is 4.98 Å². The van der Waals surface area contributed by atoms with Gasteiger partial charge in [-0.05, 0) is 24.3 Å². The zero-order valence-corrected chi connectivity index (χ0v) is 19.2. The van der Waals surface area contributed by atoms with E-state index in [0.29, 0.717) is 37.7 Å². The number of fused-ring (bicyclic) bond motifs is 1. The maximum atomic E-state index is 13.1. The third-order valence-electron chi connectivity index (χ3n) is 6.37. The van der Waals surface area contributed by atoms with Gasteiger partial charge in [0, 0.05) is 55.7 Å². The van der Waals surface area contributed by atoms with Gasteiger partial charge < -0.3 is 4.90 Å². The quantitative estimate of drug-likeness (QED) is 0.456. The smallest absolute Gasteiger partial charge is 0.254 e. The number of piperazine rings is 1. The van der Waals surface area contributed by atoms with Crippen molar-refractivity contribution in [3.05, 3.63) is 72.6 Å². The third-order valence-corrected chi connectivity index (χ3v) is 7.43. The maximum absolute atomic E-state index is 13.1. The molecule has 2 aromatic heterocycles. The Bertz CT molecular complexity index is 1350. The van der Waals surface area contributed by atoms with Gasteiger partial charge in [0.1, 0.15) is 5.01 Å². The lowest BCUT2D eigenvalue weighted by atomic mass is 10.0. The highest BCUT2D eigenvalue weighted by atomic mass is 32.1. The van der Waals surface area contributed by atoms with Crippen LogP contribution in [-0.2, 0) is 4.79 Å². The normalized spacial score (nSPS) is 17.2. The summed E-state index contributed by atoms with van der Waals surface area (Å²) in [4.78, 5) is 44.4. The molecule has 0 spiro atoms. The van der Waals surface area contributed by atoms with E-state index < -0.39 is 0 Å². The molecule has 8 nitrogen and oxygen atoms in total. The largest absolute Gasteiger partial charge is 0.335 e. The molecule has 2 aliphatic rings. The summed E-state index contributed by atoms with van der Waals surface area (Å²) in [7, 11) is 0. The molecule has 2 aliphatic heterocycles. The van der Waals surface area contributed by atoms with E-state index in [-0.39, 0.29) is 17.9 Å². The first-order chi connectivity index (χ1) is 16.7. The SMILES string of the molecule is O=C(c1ccc2nc(-c3ccccc3)sc2c1)N1CC(N2CCN(c3ncccn3)C(=O)C2)C1. The first-order valence-electron chi connectivity index (χ1n) is 11.2. The highest BCUT2D eigenvalue weighted by Gasteiger charge is 2.39. The summed E-state index contributed by atoms with van der Waals surface area (Å²) in [6, 6.07) is 17.7. The standard InChI is InChI=1S/C25H22N6O2S/c32-22-16-29(11-12-31(22)25-26-9-4-10-27-25)19-14-30(15-19)24(33)18-7-8-20-21(13-18)34-23(28-20)17-5-2-1-3-6-17/h1-10,13,19H,11-12,14-16H2. The molecule has 34 heavy (non-hydrogen) atoms. The van der Waals surface area contributed by atoms with Gasteiger partial charge in [0.2, 0.25) is 11.9 Å². The average Bonchev–Trinajstić information content (AvgIpc) is 3.28. The van der Waals surface area contributed by atoms with Crippen LogP contribution in [0.5, 0.6) is 0 Å². The molecule has 0 unspecified atom stereocenters. The van der Waals surface area contributed by atoms with Crippen LogP contribution in [0.1, 0.15) is 10.4 Å². The van der Waals surface area contributed by atoms with E-state index >= 15 is 0 Å². The molecule has 6 rings (SSSR count). The molecule has 2 saturated heterocycles. The van der Waals surface area contributed by atoms with Crippen LogP contribution in [0.4, 0.5) is 5.95 Å². The van der Waals surface area contributed by atoms with E-state index in [1.807, 2.05) is 53.4 Å². The van der Waals surface area contributed by atoms with Crippen molar-refractivity contribution in [1.29, 1.82) is 0 Å². The Balaban J connectivity index is 1.09. The van der Waals surface area contributed by atoms with Crippen LogP contribution >= 0.6 is 11.3 Å². The Morgan fingerprint density at radius 2 is 1.76 bits per heavy atom. The minimum atomic E-state index is -0.00732. The summed E-state index contributed by atoms with van der Waals surface area (Å²) in [5, 5.41) is 0.953. The van der Waals surface area contributed by atoms with Gasteiger partial charge in [-0.2, -0.15) is 0 Å². The Morgan fingerprint density at radius 3 is 2.53 bits per heavy atom. The predicted octanol–water partition coefficient (Wildman–Crippen LogP) is 2.93. The number of rotatable bonds is 4. The highest BCUT2D eigenvalue weighted by Crippen LogP contribution is 2.31. The minimum absolute atomic E-state index is 0.00732. The lowest BCUT2D eigenvalue weighted by Gasteiger charge is -2.47. The predicted molar refractivity (Wildman–Crippen MR) is 131 cm³/mol. The molecule has 170 valence electrons. The Morgan fingerprint density at radius 1 is 0.971 bits per heavy atom. The zero-order valence-electron chi connectivity index (χ0n) is 18.4. The fourth-order valence-corrected chi connectivity index (χ4v) is 5.45. The number of likely N-dealkylation sites (tertiary alicyclic amines) is 1. The van der Waals surface area contributed by atoms with E-state index in [9.17, 15) is 9.59 Å². The summed E-state index contributed by atoms with van der Waals surface area (Å²) in [5.74, 6) is 0.467. The fraction of sp³-hybridized carbons (Fsp3) is 0.240. The van der Waals surface area contributed by atoms with Crippen LogP contribution in [0.3, 0.4) is 0 Å². The van der Waals surface area contributed by atoms with Crippen molar-refractivity contribution in [2.75, 3.05) is 37.6 Å². The second kappa shape index (κ2) is 8.58. The lowest BCUT2D eigenvalue weighted by molar-refractivity contribution is -0.123. The Kier molecular flexibility index (Phi) is 5.27. The van der Waals surface area contributed by atoms with Gasteiger partial charge >= 0.3 is 0 Å². The molecular weight excluding hydrogens is 448 g/mol. The third kappa shape index (κ3) is 3.82. The van der Waals surface area contributed by atoms with Crippen LogP contribution in [0.15, 0.2) is 67.0 Å². The molecular formula is C25H22N6O2S. The number of hydrogen-bond donors (Lipinski definition) is 0. The monoisotopic (exact) mass is 470 g/mol. The lowest BCUT2D eigenvalue weighted by Crippen LogP contribution is -2.65. The van der Waals surface area contributed by atoms with Crippen molar-refractivity contribution in [3.63, 3.8) is 0 Å². The number of nitrogens with zero attached hydrogens (tertiary/aromatic N) is 6. The average molecular weight is 471 g/mol. The summed E-state index contributed by atoms with van der Waals surface area (Å²) in [5.41, 5.74) is 2.66. The van der Waals surface area contributed by atoms with E-state index in [0.717, 1.165) is 27.3 Å². The number of amides is 2. The van der Waals surface area contributed by atoms with Crippen LogP contribution in [0.25, 0.3) is 20.8 Å². The number of carbonyl (C=O) groups is 2. The summed E-state index contributed by atoms with van der Waals surface area (Å²) >= 11 is 1.60. The maximum Gasteiger partial charge on any atom is 0.254 e. The van der Waals surface area contributed by atoms with Gasteiger partial charge in [-0.1, -0.05) is 30.3 Å². The van der Waals surface area contributed by atoms with Crippen molar-refractivity contribution < 1.29 is 9.59 Å². The van der Waals surface area contributed by atoms with Crippen LogP contribution in [0.2, 0.25) is 0 Å². The molecule has 0 bridgehead atoms. The fourth-order valence-electron chi connectivity index (χ4n) is 4.44. The topological polar surface area (TPSA) is 82.5 Å². The van der Waals surface area contributed by atoms with Gasteiger partial charge in [0.15, 0.2) is 0 Å². The summed E-state index contributed by atoms with van der Waals surface area (Å²) in [6.07, 6.45) is 3.28. The number of aromatic nitrogens is 3. The molecule has 0 atom stereocenters. The van der Waals surface area contributed by atoms with Crippen molar-refractivity contribution in [2.24, 2.45) is 0 Å². The highest BCUT2D eigenvalue weighted by molar-refractivity contribution is 7.21. The van der Waals surface area contributed by atoms with Crippen molar-refractivity contribution in [1.82, 2.24) is 24.8 Å². The van der Waals surface area contributed by atoms with Gasteiger partial charge in [-0.15, -0.1) is 11.3 Å². The molecule has 0 saturated carbocycles. The number of carbonyl (C=O) groups excluding carboxylic acids is 2. The van der Waals surface area contributed by atoms with Crippen LogP contribution in [0, 0.1) is 0 Å².